The maximum Gasteiger partial charge on any atom is 0.236 e. The van der Waals surface area contributed by atoms with E-state index in [4.69, 9.17) is 5.11 Å². The molecule has 0 radical (unpaired) electrons. The Kier molecular flexibility index (Phi) is 4.17. The maximum atomic E-state index is 11.3. The van der Waals surface area contributed by atoms with Crippen LogP contribution in [0.1, 0.15) is 5.56 Å². The number of benzene rings is 1. The average molecular weight is 240 g/mol. The molecule has 0 unspecified atom stereocenters. The first-order valence-corrected chi connectivity index (χ1v) is 5.07. The smallest absolute Gasteiger partial charge is 0.236 e. The minimum atomic E-state index is -0.553. The zero-order valence-corrected chi connectivity index (χ0v) is 9.77. The van der Waals surface area contributed by atoms with Gasteiger partial charge in [0.2, 0.25) is 11.7 Å². The summed E-state index contributed by atoms with van der Waals surface area (Å²) in [5, 5.41) is 30.7. The van der Waals surface area contributed by atoms with Gasteiger partial charge in [0.15, 0.2) is 11.5 Å². The Hall–Kier alpha value is -1.95. The van der Waals surface area contributed by atoms with Gasteiger partial charge < -0.3 is 25.5 Å². The summed E-state index contributed by atoms with van der Waals surface area (Å²) in [7, 11) is 3.29. The molecule has 0 heterocycles. The fraction of sp³-hybridized carbons (Fsp3) is 0.364. The Morgan fingerprint density at radius 1 is 1.24 bits per heavy atom. The first-order valence-electron chi connectivity index (χ1n) is 5.07. The van der Waals surface area contributed by atoms with Crippen LogP contribution in [0.15, 0.2) is 12.1 Å². The van der Waals surface area contributed by atoms with Gasteiger partial charge in [-0.25, -0.2) is 0 Å². The second kappa shape index (κ2) is 5.40. The summed E-state index contributed by atoms with van der Waals surface area (Å²) in [5.74, 6) is -1.40. The molecule has 1 aromatic rings. The predicted octanol–water partition coefficient (Wildman–Crippen LogP) is -0.0188. The third-order valence-corrected chi connectivity index (χ3v) is 2.30. The molecule has 0 atom stereocenters. The van der Waals surface area contributed by atoms with E-state index in [1.54, 1.807) is 14.1 Å². The normalized spacial score (nSPS) is 10.2. The number of phenols is 3. The molecule has 0 aliphatic rings. The molecule has 6 nitrogen and oxygen atoms in total. The van der Waals surface area contributed by atoms with E-state index in [9.17, 15) is 15.0 Å². The summed E-state index contributed by atoms with van der Waals surface area (Å²) in [6, 6.07) is 2.75. The monoisotopic (exact) mass is 240 g/mol. The largest absolute Gasteiger partial charge is 0.504 e. The molecule has 0 aliphatic heterocycles. The van der Waals surface area contributed by atoms with Gasteiger partial charge in [-0.3, -0.25) is 4.79 Å². The zero-order valence-electron chi connectivity index (χ0n) is 9.77. The Balaban J connectivity index is 2.59. The molecular formula is C11H16N2O4. The summed E-state index contributed by atoms with van der Waals surface area (Å²) in [6.07, 6.45) is 0. The van der Waals surface area contributed by atoms with Crippen LogP contribution in [0.4, 0.5) is 0 Å². The number of nitrogens with zero attached hydrogens (tertiary/aromatic N) is 1. The van der Waals surface area contributed by atoms with Crippen LogP contribution in [-0.2, 0) is 11.3 Å². The molecule has 1 aromatic carbocycles. The average Bonchev–Trinajstić information content (AvgIpc) is 2.28. The van der Waals surface area contributed by atoms with Crippen molar-refractivity contribution in [3.8, 4) is 17.2 Å². The lowest BCUT2D eigenvalue weighted by atomic mass is 10.1. The molecule has 0 aliphatic carbocycles. The maximum absolute atomic E-state index is 11.3. The lowest BCUT2D eigenvalue weighted by Gasteiger charge is -2.12. The lowest BCUT2D eigenvalue weighted by Crippen LogP contribution is -2.32. The van der Waals surface area contributed by atoms with Gasteiger partial charge >= 0.3 is 0 Å². The van der Waals surface area contributed by atoms with Crippen LogP contribution in [0.25, 0.3) is 0 Å². The van der Waals surface area contributed by atoms with Crippen LogP contribution in [0, 0.1) is 0 Å². The molecule has 94 valence electrons. The van der Waals surface area contributed by atoms with Gasteiger partial charge in [-0.2, -0.15) is 0 Å². The van der Waals surface area contributed by atoms with Crippen molar-refractivity contribution in [2.45, 2.75) is 6.54 Å². The minimum Gasteiger partial charge on any atom is -0.504 e. The highest BCUT2D eigenvalue weighted by Crippen LogP contribution is 2.36. The van der Waals surface area contributed by atoms with Gasteiger partial charge in [0.05, 0.1) is 6.54 Å². The minimum absolute atomic E-state index is 0.0903. The van der Waals surface area contributed by atoms with Crippen molar-refractivity contribution in [2.24, 2.45) is 0 Å². The topological polar surface area (TPSA) is 93.0 Å². The second-order valence-electron chi connectivity index (χ2n) is 3.83. The van der Waals surface area contributed by atoms with Crippen LogP contribution in [0.3, 0.4) is 0 Å². The van der Waals surface area contributed by atoms with Crippen molar-refractivity contribution < 1.29 is 20.1 Å². The number of carbonyl (C=O) groups is 1. The Morgan fingerprint density at radius 3 is 2.47 bits per heavy atom. The van der Waals surface area contributed by atoms with Gasteiger partial charge in [-0.15, -0.1) is 0 Å². The van der Waals surface area contributed by atoms with E-state index in [0.717, 1.165) is 0 Å². The van der Waals surface area contributed by atoms with Crippen LogP contribution in [0.5, 0.6) is 17.2 Å². The van der Waals surface area contributed by atoms with Crippen molar-refractivity contribution in [3.05, 3.63) is 17.7 Å². The molecule has 1 amide bonds. The zero-order chi connectivity index (χ0) is 13.0. The highest BCUT2D eigenvalue weighted by Gasteiger charge is 2.11. The number of nitrogens with one attached hydrogen (secondary N) is 1. The van der Waals surface area contributed by atoms with Crippen molar-refractivity contribution in [1.82, 2.24) is 10.2 Å². The fourth-order valence-corrected chi connectivity index (χ4v) is 1.22. The first kappa shape index (κ1) is 13.1. The van der Waals surface area contributed by atoms with E-state index in [-0.39, 0.29) is 30.5 Å². The van der Waals surface area contributed by atoms with Gasteiger partial charge in [-0.05, 0) is 6.07 Å². The Labute approximate surface area is 99.1 Å². The highest BCUT2D eigenvalue weighted by atomic mass is 16.3. The summed E-state index contributed by atoms with van der Waals surface area (Å²) >= 11 is 0. The Morgan fingerprint density at radius 2 is 1.88 bits per heavy atom. The third kappa shape index (κ3) is 3.25. The van der Waals surface area contributed by atoms with E-state index in [1.807, 2.05) is 0 Å². The van der Waals surface area contributed by atoms with Crippen LogP contribution in [0.2, 0.25) is 0 Å². The fourth-order valence-electron chi connectivity index (χ4n) is 1.22. The molecule has 0 fully saturated rings. The van der Waals surface area contributed by atoms with Crippen LogP contribution < -0.4 is 5.32 Å². The van der Waals surface area contributed by atoms with Crippen molar-refractivity contribution in [1.29, 1.82) is 0 Å². The second-order valence-corrected chi connectivity index (χ2v) is 3.83. The van der Waals surface area contributed by atoms with Crippen molar-refractivity contribution in [2.75, 3.05) is 20.6 Å². The van der Waals surface area contributed by atoms with E-state index >= 15 is 0 Å². The van der Waals surface area contributed by atoms with Gasteiger partial charge in [0.1, 0.15) is 0 Å². The van der Waals surface area contributed by atoms with E-state index in [0.29, 0.717) is 5.56 Å². The molecule has 4 N–H and O–H groups in total. The third-order valence-electron chi connectivity index (χ3n) is 2.30. The molecule has 17 heavy (non-hydrogen) atoms. The predicted molar refractivity (Wildman–Crippen MR) is 61.8 cm³/mol. The van der Waals surface area contributed by atoms with Gasteiger partial charge in [0.25, 0.3) is 0 Å². The highest BCUT2D eigenvalue weighted by molar-refractivity contribution is 5.77. The molecule has 0 saturated carbocycles. The standard InChI is InChI=1S/C11H16N2O4/c1-13(2)9(15)6-12-5-7-3-4-8(14)11(17)10(7)16/h3-4,12,14,16-17H,5-6H2,1-2H3. The molecule has 1 rings (SSSR count). The number of carbonyl (C=O) groups excluding carboxylic acids is 1. The van der Waals surface area contributed by atoms with E-state index < -0.39 is 5.75 Å². The molecule has 6 heteroatoms. The number of likely N-dealkylation sites (N-methyl/N-ethyl adjacent to an activating group) is 1. The van der Waals surface area contributed by atoms with Crippen LogP contribution in [-0.4, -0.2) is 46.8 Å². The molecular weight excluding hydrogens is 224 g/mol. The SMILES string of the molecule is CN(C)C(=O)CNCc1ccc(O)c(O)c1O. The number of hydrogen-bond acceptors (Lipinski definition) is 5. The van der Waals surface area contributed by atoms with E-state index in [1.165, 1.54) is 17.0 Å². The van der Waals surface area contributed by atoms with Gasteiger partial charge in [0, 0.05) is 26.2 Å². The molecule has 0 bridgehead atoms. The number of aromatic hydroxyl groups is 3. The summed E-state index contributed by atoms with van der Waals surface area (Å²) < 4.78 is 0. The molecule has 0 saturated heterocycles. The van der Waals surface area contributed by atoms with Crippen molar-refractivity contribution in [3.63, 3.8) is 0 Å². The van der Waals surface area contributed by atoms with Gasteiger partial charge in [-0.1, -0.05) is 6.07 Å². The number of phenolic OH excluding ortho intramolecular Hbond substituents is 3. The number of hydrogen-bond donors (Lipinski definition) is 4. The Bertz CT molecular complexity index is 418. The number of rotatable bonds is 4. The first-order chi connectivity index (χ1) is 7.93. The summed E-state index contributed by atoms with van der Waals surface area (Å²) in [4.78, 5) is 12.7. The van der Waals surface area contributed by atoms with Crippen molar-refractivity contribution >= 4 is 5.91 Å². The van der Waals surface area contributed by atoms with E-state index in [2.05, 4.69) is 5.32 Å². The quantitative estimate of drug-likeness (QED) is 0.555. The lowest BCUT2D eigenvalue weighted by molar-refractivity contribution is -0.127. The molecule has 0 aromatic heterocycles. The van der Waals surface area contributed by atoms with Crippen LogP contribution >= 0.6 is 0 Å². The molecule has 0 spiro atoms. The summed E-state index contributed by atoms with van der Waals surface area (Å²) in [6.45, 7) is 0.354. The number of amides is 1. The summed E-state index contributed by atoms with van der Waals surface area (Å²) in [5.41, 5.74) is 0.409.